The summed E-state index contributed by atoms with van der Waals surface area (Å²) in [5.41, 5.74) is -0.436. The fourth-order valence-electron chi connectivity index (χ4n) is 1.11. The van der Waals surface area contributed by atoms with E-state index >= 15 is 0 Å². The maximum Gasteiger partial charge on any atom is 0.305 e. The van der Waals surface area contributed by atoms with Crippen LogP contribution in [-0.4, -0.2) is 16.4 Å². The van der Waals surface area contributed by atoms with E-state index in [9.17, 15) is 23.7 Å². The van der Waals surface area contributed by atoms with Crippen molar-refractivity contribution in [2.45, 2.75) is 26.4 Å². The molecule has 0 atom stereocenters. The molecule has 0 heterocycles. The maximum atomic E-state index is 13.4. The highest BCUT2D eigenvalue weighted by molar-refractivity contribution is 5.94. The lowest BCUT2D eigenvalue weighted by Gasteiger charge is -2.18. The molecule has 0 bridgehead atoms. The Hall–Kier alpha value is -2.09. The number of hydroxylamine groups is 1. The largest absolute Gasteiger partial charge is 0.305 e. The van der Waals surface area contributed by atoms with Crippen molar-refractivity contribution in [1.82, 2.24) is 5.48 Å². The van der Waals surface area contributed by atoms with Gasteiger partial charge in [0, 0.05) is 12.1 Å². The first-order valence-electron chi connectivity index (χ1n) is 5.23. The van der Waals surface area contributed by atoms with Gasteiger partial charge < -0.3 is 0 Å². The molecule has 1 N–H and O–H groups in total. The van der Waals surface area contributed by atoms with Gasteiger partial charge in [0.2, 0.25) is 5.82 Å². The second-order valence-electron chi connectivity index (χ2n) is 4.69. The van der Waals surface area contributed by atoms with Gasteiger partial charge in [0.1, 0.15) is 5.82 Å². The van der Waals surface area contributed by atoms with Crippen molar-refractivity contribution in [2.24, 2.45) is 0 Å². The summed E-state index contributed by atoms with van der Waals surface area (Å²) >= 11 is 0. The molecule has 0 radical (unpaired) electrons. The van der Waals surface area contributed by atoms with Crippen LogP contribution in [0.1, 0.15) is 31.1 Å². The van der Waals surface area contributed by atoms with Gasteiger partial charge in [-0.25, -0.2) is 9.87 Å². The number of amides is 1. The molecule has 0 aliphatic heterocycles. The van der Waals surface area contributed by atoms with E-state index in [1.807, 2.05) is 5.48 Å². The summed E-state index contributed by atoms with van der Waals surface area (Å²) in [7, 11) is 0. The molecule has 19 heavy (non-hydrogen) atoms. The standard InChI is InChI=1S/C11H12F2N2O4/c1-11(2,3)19-14-10(16)6-4-9(15(17)18)8(13)5-7(6)12/h4-5H,1-3H3,(H,14,16). The van der Waals surface area contributed by atoms with Gasteiger partial charge in [0.15, 0.2) is 0 Å². The molecule has 0 spiro atoms. The highest BCUT2D eigenvalue weighted by Gasteiger charge is 2.23. The van der Waals surface area contributed by atoms with Crippen LogP contribution in [-0.2, 0) is 4.84 Å². The van der Waals surface area contributed by atoms with Crippen LogP contribution in [0.15, 0.2) is 12.1 Å². The van der Waals surface area contributed by atoms with Crippen molar-refractivity contribution in [3.05, 3.63) is 39.4 Å². The summed E-state index contributed by atoms with van der Waals surface area (Å²) in [6, 6.07) is 0.802. The van der Waals surface area contributed by atoms with Gasteiger partial charge in [-0.15, -0.1) is 0 Å². The van der Waals surface area contributed by atoms with E-state index in [1.54, 1.807) is 20.8 Å². The molecular formula is C11H12F2N2O4. The summed E-state index contributed by atoms with van der Waals surface area (Å²) in [6.45, 7) is 4.91. The first kappa shape index (κ1) is 15.0. The number of nitro benzene ring substituents is 1. The summed E-state index contributed by atoms with van der Waals surface area (Å²) in [5, 5.41) is 10.5. The Morgan fingerprint density at radius 1 is 1.32 bits per heavy atom. The van der Waals surface area contributed by atoms with E-state index in [0.29, 0.717) is 6.07 Å². The van der Waals surface area contributed by atoms with Crippen LogP contribution in [0.4, 0.5) is 14.5 Å². The van der Waals surface area contributed by atoms with Crippen molar-refractivity contribution in [3.63, 3.8) is 0 Å². The lowest BCUT2D eigenvalue weighted by Crippen LogP contribution is -2.34. The summed E-state index contributed by atoms with van der Waals surface area (Å²) < 4.78 is 26.5. The van der Waals surface area contributed by atoms with Crippen molar-refractivity contribution in [2.75, 3.05) is 0 Å². The van der Waals surface area contributed by atoms with E-state index in [2.05, 4.69) is 0 Å². The number of carbonyl (C=O) groups excluding carboxylic acids is 1. The third kappa shape index (κ3) is 3.95. The normalized spacial score (nSPS) is 11.2. The first-order valence-corrected chi connectivity index (χ1v) is 5.23. The third-order valence-corrected chi connectivity index (χ3v) is 1.93. The number of nitro groups is 1. The molecule has 8 heteroatoms. The Balaban J connectivity index is 3.03. The van der Waals surface area contributed by atoms with Crippen LogP contribution in [0.5, 0.6) is 0 Å². The molecule has 0 aliphatic carbocycles. The number of hydrogen-bond acceptors (Lipinski definition) is 4. The third-order valence-electron chi connectivity index (χ3n) is 1.93. The van der Waals surface area contributed by atoms with Crippen LogP contribution in [0.3, 0.4) is 0 Å². The van der Waals surface area contributed by atoms with Crippen molar-refractivity contribution < 1.29 is 23.3 Å². The van der Waals surface area contributed by atoms with Gasteiger partial charge in [-0.2, -0.15) is 4.39 Å². The highest BCUT2D eigenvalue weighted by atomic mass is 19.1. The molecule has 0 fully saturated rings. The smallest absolute Gasteiger partial charge is 0.268 e. The fraction of sp³-hybridized carbons (Fsp3) is 0.364. The maximum absolute atomic E-state index is 13.4. The van der Waals surface area contributed by atoms with Crippen molar-refractivity contribution >= 4 is 11.6 Å². The number of hydrogen-bond donors (Lipinski definition) is 1. The summed E-state index contributed by atoms with van der Waals surface area (Å²) in [5.74, 6) is -3.59. The Bertz CT molecular complexity index is 526. The zero-order valence-corrected chi connectivity index (χ0v) is 10.5. The molecule has 1 amide bonds. The van der Waals surface area contributed by atoms with Gasteiger partial charge in [-0.3, -0.25) is 19.7 Å². The Kier molecular flexibility index (Phi) is 4.15. The number of rotatable bonds is 3. The molecule has 1 aromatic carbocycles. The van der Waals surface area contributed by atoms with E-state index in [-0.39, 0.29) is 6.07 Å². The number of benzene rings is 1. The van der Waals surface area contributed by atoms with Gasteiger partial charge in [-0.05, 0) is 20.8 Å². The molecular weight excluding hydrogens is 262 g/mol. The number of nitrogens with one attached hydrogen (secondary N) is 1. The minimum atomic E-state index is -1.35. The summed E-state index contributed by atoms with van der Waals surface area (Å²) in [4.78, 5) is 25.9. The van der Waals surface area contributed by atoms with Gasteiger partial charge >= 0.3 is 5.69 Å². The second kappa shape index (κ2) is 5.27. The molecule has 0 aromatic heterocycles. The lowest BCUT2D eigenvalue weighted by molar-refractivity contribution is -0.387. The predicted molar refractivity (Wildman–Crippen MR) is 61.3 cm³/mol. The van der Waals surface area contributed by atoms with E-state index in [0.717, 1.165) is 0 Å². The van der Waals surface area contributed by atoms with Gasteiger partial charge in [0.05, 0.1) is 16.1 Å². The minimum Gasteiger partial charge on any atom is -0.268 e. The Labute approximate surface area is 107 Å². The van der Waals surface area contributed by atoms with E-state index in [1.165, 1.54) is 0 Å². The van der Waals surface area contributed by atoms with Crippen LogP contribution in [0, 0.1) is 21.7 Å². The summed E-state index contributed by atoms with van der Waals surface area (Å²) in [6.07, 6.45) is 0. The predicted octanol–water partition coefficient (Wildman–Crippen LogP) is 2.33. The van der Waals surface area contributed by atoms with Crippen molar-refractivity contribution in [1.29, 1.82) is 0 Å². The highest BCUT2D eigenvalue weighted by Crippen LogP contribution is 2.21. The molecule has 1 aromatic rings. The molecule has 0 saturated carbocycles. The molecule has 6 nitrogen and oxygen atoms in total. The quantitative estimate of drug-likeness (QED) is 0.677. The van der Waals surface area contributed by atoms with E-state index in [4.69, 9.17) is 4.84 Å². The fourth-order valence-corrected chi connectivity index (χ4v) is 1.11. The number of carbonyl (C=O) groups is 1. The van der Waals surface area contributed by atoms with Gasteiger partial charge in [0.25, 0.3) is 5.91 Å². The molecule has 0 unspecified atom stereocenters. The Morgan fingerprint density at radius 2 is 1.89 bits per heavy atom. The topological polar surface area (TPSA) is 81.5 Å². The Morgan fingerprint density at radius 3 is 2.37 bits per heavy atom. The monoisotopic (exact) mass is 274 g/mol. The van der Waals surface area contributed by atoms with Crippen LogP contribution in [0.25, 0.3) is 0 Å². The zero-order valence-electron chi connectivity index (χ0n) is 10.5. The lowest BCUT2D eigenvalue weighted by atomic mass is 10.1. The van der Waals surface area contributed by atoms with Crippen LogP contribution in [0.2, 0.25) is 0 Å². The van der Waals surface area contributed by atoms with Crippen LogP contribution >= 0.6 is 0 Å². The molecule has 0 saturated heterocycles. The SMILES string of the molecule is CC(C)(C)ONC(=O)c1cc([N+](=O)[O-])c(F)cc1F. The van der Waals surface area contributed by atoms with Crippen LogP contribution < -0.4 is 5.48 Å². The van der Waals surface area contributed by atoms with E-state index < -0.39 is 39.3 Å². The average Bonchev–Trinajstić information content (AvgIpc) is 2.24. The number of nitrogens with zero attached hydrogens (tertiary/aromatic N) is 1. The average molecular weight is 274 g/mol. The van der Waals surface area contributed by atoms with Crippen molar-refractivity contribution in [3.8, 4) is 0 Å². The first-order chi connectivity index (χ1) is 8.61. The molecule has 0 aliphatic rings. The minimum absolute atomic E-state index is 0.282. The molecule has 104 valence electrons. The van der Waals surface area contributed by atoms with Gasteiger partial charge in [-0.1, -0.05) is 0 Å². The second-order valence-corrected chi connectivity index (χ2v) is 4.69. The number of halogens is 2. The zero-order chi connectivity index (χ0) is 14.8. The molecule has 1 rings (SSSR count).